The minimum Gasteiger partial charge on any atom is -0.490 e. The number of thioether (sulfide) groups is 2. The number of nitrogens with zero attached hydrogens (tertiary/aromatic N) is 2. The van der Waals surface area contributed by atoms with E-state index in [0.29, 0.717) is 50.0 Å². The summed E-state index contributed by atoms with van der Waals surface area (Å²) < 4.78 is 144. The van der Waals surface area contributed by atoms with E-state index >= 15 is 0 Å². The summed E-state index contributed by atoms with van der Waals surface area (Å²) in [6.07, 6.45) is 1.87. The summed E-state index contributed by atoms with van der Waals surface area (Å²) >= 11 is -0.423. The molecule has 0 aliphatic carbocycles. The van der Waals surface area contributed by atoms with Crippen molar-refractivity contribution in [2.75, 3.05) is 39.9 Å². The van der Waals surface area contributed by atoms with Crippen molar-refractivity contribution in [1.82, 2.24) is 19.6 Å². The van der Waals surface area contributed by atoms with Crippen molar-refractivity contribution < 1.29 is 77.4 Å². The molecule has 25 heteroatoms. The van der Waals surface area contributed by atoms with Gasteiger partial charge in [0.2, 0.25) is 20.0 Å². The van der Waals surface area contributed by atoms with Gasteiger partial charge in [0.1, 0.15) is 23.7 Å². The van der Waals surface area contributed by atoms with E-state index in [1.807, 2.05) is 6.92 Å². The Bertz CT molecular complexity index is 1990. The van der Waals surface area contributed by atoms with Gasteiger partial charge in [0.05, 0.1) is 0 Å². The van der Waals surface area contributed by atoms with E-state index in [4.69, 9.17) is 19.4 Å². The van der Waals surface area contributed by atoms with Crippen molar-refractivity contribution in [3.63, 3.8) is 0 Å². The first-order chi connectivity index (χ1) is 30.0. The molecule has 0 radical (unpaired) electrons. The monoisotopic (exact) mass is 998 g/mol. The molecule has 1 unspecified atom stereocenters. The lowest BCUT2D eigenvalue weighted by molar-refractivity contribution is -0.133. The van der Waals surface area contributed by atoms with E-state index in [9.17, 15) is 58.0 Å². The average molecular weight is 999 g/mol. The van der Waals surface area contributed by atoms with Crippen LogP contribution in [0.25, 0.3) is 0 Å². The normalized spacial score (nSPS) is 17.4. The smallest absolute Gasteiger partial charge is 0.446 e. The van der Waals surface area contributed by atoms with Crippen LogP contribution >= 0.6 is 23.5 Å². The lowest BCUT2D eigenvalue weighted by Crippen LogP contribution is -2.59. The minimum atomic E-state index is -4.37. The molecule has 64 heavy (non-hydrogen) atoms. The molecule has 0 saturated carbocycles. The van der Waals surface area contributed by atoms with Gasteiger partial charge in [-0.15, -0.1) is 0 Å². The quantitative estimate of drug-likeness (QED) is 0.0441. The highest BCUT2D eigenvalue weighted by Gasteiger charge is 2.54. The van der Waals surface area contributed by atoms with Crippen molar-refractivity contribution in [2.24, 2.45) is 0 Å². The highest BCUT2D eigenvalue weighted by Crippen LogP contribution is 2.40. The largest absolute Gasteiger partial charge is 0.490 e. The molecule has 2 fully saturated rings. The van der Waals surface area contributed by atoms with Crippen LogP contribution in [0.5, 0.6) is 11.5 Å². The van der Waals surface area contributed by atoms with Crippen LogP contribution in [0.4, 0.5) is 26.3 Å². The highest BCUT2D eigenvalue weighted by molar-refractivity contribution is 8.00. The fourth-order valence-corrected chi connectivity index (χ4v) is 12.9. The summed E-state index contributed by atoms with van der Waals surface area (Å²) in [6.45, 7) is 5.54. The van der Waals surface area contributed by atoms with Crippen LogP contribution in [-0.2, 0) is 34.4 Å². The first kappa shape index (κ1) is 55.3. The van der Waals surface area contributed by atoms with E-state index in [1.165, 1.54) is 75.2 Å². The van der Waals surface area contributed by atoms with Crippen molar-refractivity contribution in [3.05, 3.63) is 48.5 Å². The second kappa shape index (κ2) is 24.1. The number of nitrogens with one attached hydrogen (secondary N) is 2. The number of benzene rings is 2. The first-order valence-corrected chi connectivity index (χ1v) is 24.9. The molecule has 4 rings (SSSR count). The van der Waals surface area contributed by atoms with E-state index < -0.39 is 52.4 Å². The maximum atomic E-state index is 13.6. The van der Waals surface area contributed by atoms with Crippen LogP contribution in [0.2, 0.25) is 0 Å². The molecule has 4 N–H and O–H groups in total. The number of piperidine rings is 2. The van der Waals surface area contributed by atoms with Gasteiger partial charge in [-0.3, -0.25) is 20.0 Å². The average Bonchev–Trinajstić information content (AvgIpc) is 3.25. The van der Waals surface area contributed by atoms with Crippen LogP contribution < -0.4 is 20.4 Å². The number of rotatable bonds is 20. The van der Waals surface area contributed by atoms with Crippen molar-refractivity contribution in [3.8, 4) is 11.5 Å². The predicted octanol–water partition coefficient (Wildman–Crippen LogP) is 7.48. The Morgan fingerprint density at radius 2 is 1.02 bits per heavy atom. The predicted molar refractivity (Wildman–Crippen MR) is 227 cm³/mol. The number of ether oxygens (including phenoxy) is 3. The van der Waals surface area contributed by atoms with Gasteiger partial charge in [0, 0.05) is 56.1 Å². The zero-order chi connectivity index (χ0) is 48.0. The second-order valence-corrected chi connectivity index (χ2v) is 21.7. The van der Waals surface area contributed by atoms with Gasteiger partial charge < -0.3 is 14.2 Å². The molecule has 0 spiro atoms. The SMILES string of the molecule is CCC(CC)(C(=O)NO)S(=O)(=O)N1CCC(Oc2ccc(SC(F)(F)F)cc2)CC1.CCCCC(CCOC)(C(=O)NO)S(=O)(=O)N1CCC(Oc2ccc(SC(F)(F)F)cc2)CC1. The number of sulfonamides is 2. The van der Waals surface area contributed by atoms with Crippen molar-refractivity contribution >= 4 is 55.4 Å². The van der Waals surface area contributed by atoms with E-state index in [1.54, 1.807) is 13.8 Å². The third-order valence-corrected chi connectivity index (χ3v) is 17.9. The molecule has 2 saturated heterocycles. The molecule has 15 nitrogen and oxygen atoms in total. The molecule has 0 aromatic heterocycles. The number of alkyl halides is 6. The number of amides is 2. The molecule has 2 heterocycles. The minimum absolute atomic E-state index is 0.0109. The maximum Gasteiger partial charge on any atom is 0.446 e. The summed E-state index contributed by atoms with van der Waals surface area (Å²) in [5.74, 6) is -1.14. The highest BCUT2D eigenvalue weighted by atomic mass is 32.2. The summed E-state index contributed by atoms with van der Waals surface area (Å²) in [5, 5.41) is 18.3. The lowest BCUT2D eigenvalue weighted by Gasteiger charge is -2.39. The van der Waals surface area contributed by atoms with E-state index in [0.717, 1.165) is 0 Å². The Kier molecular flexibility index (Phi) is 20.8. The molecular weight excluding hydrogens is 943 g/mol. The van der Waals surface area contributed by atoms with Crippen LogP contribution in [0.15, 0.2) is 58.3 Å². The topological polar surface area (TPSA) is 201 Å². The number of methoxy groups -OCH3 is 1. The molecule has 0 bridgehead atoms. The van der Waals surface area contributed by atoms with Crippen molar-refractivity contribution in [1.29, 1.82) is 0 Å². The Labute approximate surface area is 378 Å². The second-order valence-electron chi connectivity index (χ2n) is 14.9. The fourth-order valence-electron chi connectivity index (χ4n) is 7.41. The third kappa shape index (κ3) is 14.5. The number of unbranched alkanes of at least 4 members (excludes halogenated alkanes) is 1. The van der Waals surface area contributed by atoms with Gasteiger partial charge in [-0.25, -0.2) is 36.4 Å². The molecule has 2 aliphatic heterocycles. The standard InChI is InChI=1S/C21H31F3N2O6S2.C18H25F3N2O5S2/c1-3-4-11-20(12-15-31-2,19(27)25-28)34(29,30)26-13-9-17(10-14-26)32-16-5-7-18(8-6-16)33-21(22,23)24;1-3-17(4-2,16(24)22-25)30(26,27)23-11-9-14(10-12-23)28-13-5-7-15(8-6-13)29-18(19,20)21/h5-8,17,28H,3-4,9-15H2,1-2H3,(H,25,27);5-8,14,25H,3-4,9-12H2,1-2H3,(H,22,24). The summed E-state index contributed by atoms with van der Waals surface area (Å²) in [4.78, 5) is 24.9. The maximum absolute atomic E-state index is 13.6. The summed E-state index contributed by atoms with van der Waals surface area (Å²) in [5.41, 5.74) is -5.73. The molecule has 2 aromatic carbocycles. The van der Waals surface area contributed by atoms with Crippen LogP contribution in [-0.4, -0.2) is 120 Å². The van der Waals surface area contributed by atoms with Gasteiger partial charge in [-0.1, -0.05) is 33.6 Å². The van der Waals surface area contributed by atoms with Gasteiger partial charge in [-0.05, 0) is 117 Å². The zero-order valence-corrected chi connectivity index (χ0v) is 39.0. The zero-order valence-electron chi connectivity index (χ0n) is 35.7. The van der Waals surface area contributed by atoms with Crippen LogP contribution in [0, 0.1) is 0 Å². The van der Waals surface area contributed by atoms with Crippen LogP contribution in [0.3, 0.4) is 0 Å². The number of halogens is 6. The van der Waals surface area contributed by atoms with E-state index in [2.05, 4.69) is 0 Å². The summed E-state index contributed by atoms with van der Waals surface area (Å²) in [6, 6.07) is 11.1. The number of carbonyl (C=O) groups excluding carboxylic acids is 2. The number of carbonyl (C=O) groups is 2. The van der Waals surface area contributed by atoms with Gasteiger partial charge >= 0.3 is 11.0 Å². The number of hydrogen-bond acceptors (Lipinski definition) is 13. The van der Waals surface area contributed by atoms with Gasteiger partial charge in [0.25, 0.3) is 11.8 Å². The molecule has 1 atom stereocenters. The summed E-state index contributed by atoms with van der Waals surface area (Å²) in [7, 11) is -6.76. The number of hydroxylamine groups is 2. The first-order valence-electron chi connectivity index (χ1n) is 20.4. The molecular formula is C39H56F6N4O11S4. The Morgan fingerprint density at radius 3 is 1.33 bits per heavy atom. The van der Waals surface area contributed by atoms with Crippen LogP contribution in [0.1, 0.15) is 85.0 Å². The third-order valence-electron chi connectivity index (χ3n) is 11.0. The Balaban J connectivity index is 0.000000343. The fraction of sp³-hybridized carbons (Fsp3) is 0.641. The molecule has 2 aliphatic rings. The van der Waals surface area contributed by atoms with E-state index in [-0.39, 0.29) is 104 Å². The molecule has 364 valence electrons. The lowest BCUT2D eigenvalue weighted by atomic mass is 9.97. The molecule has 2 amide bonds. The van der Waals surface area contributed by atoms with Crippen molar-refractivity contribution in [2.45, 2.75) is 127 Å². The van der Waals surface area contributed by atoms with Gasteiger partial charge in [0.15, 0.2) is 9.49 Å². The van der Waals surface area contributed by atoms with Gasteiger partial charge in [-0.2, -0.15) is 26.3 Å². The molecule has 2 aromatic rings. The Morgan fingerprint density at radius 1 is 0.656 bits per heavy atom. The number of hydrogen-bond donors (Lipinski definition) is 4. The Hall–Kier alpha value is -3.04.